The van der Waals surface area contributed by atoms with E-state index in [-0.39, 0.29) is 13.1 Å². The molecule has 114 valence electrons. The second-order valence-corrected chi connectivity index (χ2v) is 3.54. The van der Waals surface area contributed by atoms with E-state index in [1.165, 1.54) is 0 Å². The van der Waals surface area contributed by atoms with Crippen LogP contribution in [0.3, 0.4) is 0 Å². The van der Waals surface area contributed by atoms with Crippen molar-refractivity contribution in [3.8, 4) is 0 Å². The van der Waals surface area contributed by atoms with Crippen LogP contribution in [0.1, 0.15) is 0 Å². The highest BCUT2D eigenvalue weighted by atomic mass is 16.7. The Morgan fingerprint density at radius 2 is 1.00 bits per heavy atom. The summed E-state index contributed by atoms with van der Waals surface area (Å²) < 4.78 is 0. The van der Waals surface area contributed by atoms with Crippen LogP contribution in [0.5, 0.6) is 0 Å². The Labute approximate surface area is 110 Å². The first kappa shape index (κ1) is 17.5. The van der Waals surface area contributed by atoms with Crippen molar-refractivity contribution in [2.45, 2.75) is 12.3 Å². The lowest BCUT2D eigenvalue weighted by atomic mass is 10.4. The summed E-state index contributed by atoms with van der Waals surface area (Å²) in [5.41, 5.74) is 0. The molecule has 0 bridgehead atoms. The van der Waals surface area contributed by atoms with Crippen LogP contribution in [0, 0.1) is 40.5 Å². The van der Waals surface area contributed by atoms with E-state index in [2.05, 4.69) is 10.6 Å². The Kier molecular flexibility index (Phi) is 7.53. The number of hydrogen-bond donors (Lipinski definition) is 2. The maximum atomic E-state index is 10.4. The summed E-state index contributed by atoms with van der Waals surface area (Å²) in [7, 11) is 0. The zero-order valence-electron chi connectivity index (χ0n) is 10.0. The van der Waals surface area contributed by atoms with Gasteiger partial charge in [-0.25, -0.2) is 10.6 Å². The van der Waals surface area contributed by atoms with Crippen molar-refractivity contribution in [2.75, 3.05) is 26.2 Å². The summed E-state index contributed by atoms with van der Waals surface area (Å²) in [5, 5.41) is 45.6. The highest BCUT2D eigenvalue weighted by Gasteiger charge is 2.27. The van der Waals surface area contributed by atoms with Crippen LogP contribution in [0.2, 0.25) is 0 Å². The lowest BCUT2D eigenvalue weighted by molar-refractivity contribution is -0.594. The normalized spacial score (nSPS) is 13.4. The molecule has 0 heterocycles. The standard InChI is InChI=1S/C6H12N6O8/c13-9(14)3-5(11(17)18)7-1-2-8-6(12(19)20)4-10(15)16/h5-8H,1-4H2. The summed E-state index contributed by atoms with van der Waals surface area (Å²) >= 11 is 0. The lowest BCUT2D eigenvalue weighted by Crippen LogP contribution is -2.48. The molecule has 0 aromatic heterocycles. The van der Waals surface area contributed by atoms with E-state index in [0.717, 1.165) is 0 Å². The van der Waals surface area contributed by atoms with Crippen LogP contribution in [-0.2, 0) is 0 Å². The number of nitro groups is 4. The second-order valence-electron chi connectivity index (χ2n) is 3.54. The fourth-order valence-corrected chi connectivity index (χ4v) is 1.17. The minimum absolute atomic E-state index is 0.193. The molecule has 0 saturated carbocycles. The third kappa shape index (κ3) is 7.77. The third-order valence-electron chi connectivity index (χ3n) is 2.04. The zero-order chi connectivity index (χ0) is 15.7. The van der Waals surface area contributed by atoms with Crippen molar-refractivity contribution in [2.24, 2.45) is 0 Å². The quantitative estimate of drug-likeness (QED) is 0.185. The Hall–Kier alpha value is -2.48. The zero-order valence-corrected chi connectivity index (χ0v) is 10.0. The van der Waals surface area contributed by atoms with Crippen LogP contribution >= 0.6 is 0 Å². The van der Waals surface area contributed by atoms with E-state index in [1.54, 1.807) is 0 Å². The highest BCUT2D eigenvalue weighted by molar-refractivity contribution is 4.58. The molecule has 0 aliphatic rings. The Balaban J connectivity index is 4.13. The summed E-state index contributed by atoms with van der Waals surface area (Å²) in [6.07, 6.45) is -3.26. The predicted octanol–water partition coefficient (Wildman–Crippen LogP) is -2.08. The molecule has 0 saturated heterocycles. The average molecular weight is 296 g/mol. The molecular weight excluding hydrogens is 284 g/mol. The van der Waals surface area contributed by atoms with Crippen molar-refractivity contribution in [1.29, 1.82) is 0 Å². The van der Waals surface area contributed by atoms with Gasteiger partial charge in [-0.2, -0.15) is 0 Å². The van der Waals surface area contributed by atoms with Crippen molar-refractivity contribution < 1.29 is 19.7 Å². The van der Waals surface area contributed by atoms with Gasteiger partial charge >= 0.3 is 12.3 Å². The third-order valence-corrected chi connectivity index (χ3v) is 2.04. The van der Waals surface area contributed by atoms with E-state index in [1.807, 2.05) is 0 Å². The molecule has 14 nitrogen and oxygen atoms in total. The summed E-state index contributed by atoms with van der Waals surface area (Å²) in [5.74, 6) is 0. The topological polar surface area (TPSA) is 197 Å². The van der Waals surface area contributed by atoms with E-state index < -0.39 is 45.1 Å². The van der Waals surface area contributed by atoms with Crippen LogP contribution in [0.15, 0.2) is 0 Å². The van der Waals surface area contributed by atoms with Gasteiger partial charge in [0.2, 0.25) is 0 Å². The molecule has 0 aliphatic heterocycles. The molecule has 20 heavy (non-hydrogen) atoms. The van der Waals surface area contributed by atoms with Gasteiger partial charge in [-0.05, 0) is 0 Å². The molecular formula is C6H12N6O8. The molecule has 0 aliphatic carbocycles. The van der Waals surface area contributed by atoms with Crippen molar-refractivity contribution >= 4 is 0 Å². The summed E-state index contributed by atoms with van der Waals surface area (Å²) in [6.45, 7) is -2.27. The molecule has 0 fully saturated rings. The fourth-order valence-electron chi connectivity index (χ4n) is 1.17. The van der Waals surface area contributed by atoms with E-state index in [0.29, 0.717) is 0 Å². The highest BCUT2D eigenvalue weighted by Crippen LogP contribution is 1.88. The monoisotopic (exact) mass is 296 g/mol. The Morgan fingerprint density at radius 3 is 1.20 bits per heavy atom. The molecule has 0 spiro atoms. The Bertz CT molecular complexity index is 352. The number of hydrogen-bond acceptors (Lipinski definition) is 10. The van der Waals surface area contributed by atoms with Crippen LogP contribution in [0.4, 0.5) is 0 Å². The molecule has 0 aromatic rings. The molecule has 14 heteroatoms. The van der Waals surface area contributed by atoms with Gasteiger partial charge in [-0.1, -0.05) is 0 Å². The maximum absolute atomic E-state index is 10.4. The SMILES string of the molecule is O=[N+]([O-])CC(NCCNC(C[N+](=O)[O-])[N+](=O)[O-])[N+](=O)[O-]. The second kappa shape index (κ2) is 8.59. The van der Waals surface area contributed by atoms with Crippen molar-refractivity contribution in [3.05, 3.63) is 40.5 Å². The number of rotatable bonds is 11. The minimum atomic E-state index is -1.63. The van der Waals surface area contributed by atoms with Gasteiger partial charge in [0.05, 0.1) is 0 Å². The van der Waals surface area contributed by atoms with E-state index in [9.17, 15) is 40.5 Å². The first-order valence-corrected chi connectivity index (χ1v) is 5.21. The summed E-state index contributed by atoms with van der Waals surface area (Å²) in [6, 6.07) is 0. The van der Waals surface area contributed by atoms with Gasteiger partial charge in [0.15, 0.2) is 0 Å². The fraction of sp³-hybridized carbons (Fsp3) is 1.00. The van der Waals surface area contributed by atoms with Gasteiger partial charge in [0.1, 0.15) is 0 Å². The minimum Gasteiger partial charge on any atom is -0.264 e. The van der Waals surface area contributed by atoms with Gasteiger partial charge in [-0.3, -0.25) is 40.5 Å². The van der Waals surface area contributed by atoms with Crippen LogP contribution in [-0.4, -0.2) is 58.2 Å². The molecule has 2 atom stereocenters. The molecule has 2 N–H and O–H groups in total. The van der Waals surface area contributed by atoms with Gasteiger partial charge in [-0.15, -0.1) is 0 Å². The van der Waals surface area contributed by atoms with Crippen molar-refractivity contribution in [1.82, 2.24) is 10.6 Å². The Morgan fingerprint density at radius 1 is 0.700 bits per heavy atom. The average Bonchev–Trinajstić information content (AvgIpc) is 2.29. The van der Waals surface area contributed by atoms with Crippen LogP contribution in [0.25, 0.3) is 0 Å². The largest absolute Gasteiger partial charge is 0.330 e. The van der Waals surface area contributed by atoms with Gasteiger partial charge in [0, 0.05) is 32.8 Å². The number of nitrogens with one attached hydrogen (secondary N) is 2. The molecule has 0 radical (unpaired) electrons. The molecule has 0 aromatic carbocycles. The van der Waals surface area contributed by atoms with Crippen molar-refractivity contribution in [3.63, 3.8) is 0 Å². The molecule has 0 amide bonds. The van der Waals surface area contributed by atoms with Crippen LogP contribution < -0.4 is 10.6 Å². The van der Waals surface area contributed by atoms with E-state index >= 15 is 0 Å². The lowest BCUT2D eigenvalue weighted by Gasteiger charge is -2.10. The summed E-state index contributed by atoms with van der Waals surface area (Å²) in [4.78, 5) is 37.6. The predicted molar refractivity (Wildman–Crippen MR) is 61.3 cm³/mol. The first-order valence-electron chi connectivity index (χ1n) is 5.21. The number of nitrogens with zero attached hydrogens (tertiary/aromatic N) is 4. The van der Waals surface area contributed by atoms with Gasteiger partial charge in [0.25, 0.3) is 13.1 Å². The molecule has 0 rings (SSSR count). The first-order chi connectivity index (χ1) is 9.23. The smallest absolute Gasteiger partial charge is 0.264 e. The maximum Gasteiger partial charge on any atom is 0.330 e. The van der Waals surface area contributed by atoms with E-state index in [4.69, 9.17) is 0 Å². The van der Waals surface area contributed by atoms with Gasteiger partial charge < -0.3 is 0 Å². The molecule has 2 unspecified atom stereocenters.